The van der Waals surface area contributed by atoms with Gasteiger partial charge in [0.15, 0.2) is 0 Å². The van der Waals surface area contributed by atoms with E-state index < -0.39 is 11.9 Å². The predicted octanol–water partition coefficient (Wildman–Crippen LogP) is 1.63. The van der Waals surface area contributed by atoms with Crippen LogP contribution >= 0.6 is 0 Å². The summed E-state index contributed by atoms with van der Waals surface area (Å²) in [6.07, 6.45) is 3.03. The fourth-order valence-corrected chi connectivity index (χ4v) is 2.32. The summed E-state index contributed by atoms with van der Waals surface area (Å²) < 4.78 is 0. The Morgan fingerprint density at radius 2 is 2.20 bits per heavy atom. The first-order valence-corrected chi connectivity index (χ1v) is 6.06. The number of aromatic nitrogens is 2. The second-order valence-corrected chi connectivity index (χ2v) is 4.48. The second-order valence-electron chi connectivity index (χ2n) is 4.48. The van der Waals surface area contributed by atoms with Gasteiger partial charge in [0.2, 0.25) is 0 Å². The summed E-state index contributed by atoms with van der Waals surface area (Å²) in [5, 5.41) is 18.2. The van der Waals surface area contributed by atoms with E-state index in [0.717, 1.165) is 0 Å². The Bertz CT molecular complexity index is 653. The third-order valence-electron chi connectivity index (χ3n) is 3.26. The lowest BCUT2D eigenvalue weighted by Crippen LogP contribution is -2.34. The normalized spacial score (nSPS) is 16.8. The van der Waals surface area contributed by atoms with E-state index in [-0.39, 0.29) is 12.6 Å². The highest BCUT2D eigenvalue weighted by Crippen LogP contribution is 2.36. The van der Waals surface area contributed by atoms with Gasteiger partial charge in [-0.25, -0.2) is 4.79 Å². The number of carbonyl (C=O) groups excluding carboxylic acids is 1. The number of carbonyl (C=O) groups is 2. The molecule has 0 bridgehead atoms. The Kier molecular flexibility index (Phi) is 2.86. The molecule has 2 amide bonds. The van der Waals surface area contributed by atoms with Crippen molar-refractivity contribution in [1.82, 2.24) is 10.2 Å². The van der Waals surface area contributed by atoms with Crippen molar-refractivity contribution in [2.75, 3.05) is 16.8 Å². The molecule has 0 saturated carbocycles. The molecule has 0 fully saturated rings. The minimum absolute atomic E-state index is 0.123. The third kappa shape index (κ3) is 1.99. The van der Waals surface area contributed by atoms with E-state index in [1.165, 1.54) is 11.1 Å². The lowest BCUT2D eigenvalue weighted by molar-refractivity contribution is -0.138. The Morgan fingerprint density at radius 3 is 2.90 bits per heavy atom. The molecule has 3 N–H and O–H groups in total. The lowest BCUT2D eigenvalue weighted by Gasteiger charge is -2.17. The van der Waals surface area contributed by atoms with Crippen LogP contribution in [0.2, 0.25) is 0 Å². The smallest absolute Gasteiger partial charge is 0.326 e. The number of rotatable bonds is 2. The summed E-state index contributed by atoms with van der Waals surface area (Å²) in [4.78, 5) is 24.9. The number of H-pyrrole nitrogens is 1. The maximum absolute atomic E-state index is 12.2. The van der Waals surface area contributed by atoms with Crippen LogP contribution in [0.5, 0.6) is 0 Å². The molecule has 20 heavy (non-hydrogen) atoms. The van der Waals surface area contributed by atoms with Gasteiger partial charge in [0.05, 0.1) is 11.9 Å². The summed E-state index contributed by atoms with van der Waals surface area (Å²) in [5.41, 5.74) is 1.81. The molecule has 1 aliphatic heterocycles. The van der Waals surface area contributed by atoms with Crippen LogP contribution < -0.4 is 10.2 Å². The highest BCUT2D eigenvalue weighted by molar-refractivity contribution is 6.04. The van der Waals surface area contributed by atoms with Crippen LogP contribution in [0.25, 0.3) is 0 Å². The van der Waals surface area contributed by atoms with Crippen molar-refractivity contribution in [3.8, 4) is 0 Å². The molecule has 2 heterocycles. The van der Waals surface area contributed by atoms with E-state index in [1.807, 2.05) is 0 Å². The molecule has 3 rings (SSSR count). The van der Waals surface area contributed by atoms with E-state index in [4.69, 9.17) is 0 Å². The molecule has 0 aliphatic carbocycles. The first-order chi connectivity index (χ1) is 9.66. The Hall–Kier alpha value is -2.83. The van der Waals surface area contributed by atoms with Gasteiger partial charge < -0.3 is 10.4 Å². The quantitative estimate of drug-likeness (QED) is 0.773. The second kappa shape index (κ2) is 4.69. The first-order valence-electron chi connectivity index (χ1n) is 6.06. The van der Waals surface area contributed by atoms with Crippen molar-refractivity contribution >= 4 is 23.4 Å². The van der Waals surface area contributed by atoms with Gasteiger partial charge in [-0.3, -0.25) is 14.8 Å². The molecule has 1 aliphatic rings. The largest absolute Gasteiger partial charge is 0.481 e. The maximum atomic E-state index is 12.2. The van der Waals surface area contributed by atoms with Crippen molar-refractivity contribution in [2.24, 2.45) is 0 Å². The van der Waals surface area contributed by atoms with Gasteiger partial charge in [-0.2, -0.15) is 5.10 Å². The van der Waals surface area contributed by atoms with Crippen molar-refractivity contribution < 1.29 is 14.7 Å². The van der Waals surface area contributed by atoms with E-state index in [2.05, 4.69) is 15.5 Å². The van der Waals surface area contributed by atoms with Crippen molar-refractivity contribution in [2.45, 2.75) is 5.92 Å². The summed E-state index contributed by atoms with van der Waals surface area (Å²) in [7, 11) is 0. The molecule has 7 nitrogen and oxygen atoms in total. The summed E-state index contributed by atoms with van der Waals surface area (Å²) in [5.74, 6) is -1.63. The third-order valence-corrected chi connectivity index (χ3v) is 3.26. The molecule has 1 atom stereocenters. The Morgan fingerprint density at radius 1 is 1.40 bits per heavy atom. The fraction of sp³-hybridized carbons (Fsp3) is 0.154. The number of urea groups is 1. The van der Waals surface area contributed by atoms with Crippen molar-refractivity contribution in [1.29, 1.82) is 0 Å². The summed E-state index contributed by atoms with van der Waals surface area (Å²) in [6.45, 7) is 0.123. The van der Waals surface area contributed by atoms with E-state index in [0.29, 0.717) is 16.9 Å². The average Bonchev–Trinajstić information content (AvgIpc) is 3.05. The number of para-hydroxylation sites is 1. The minimum atomic E-state index is -0.934. The highest BCUT2D eigenvalue weighted by atomic mass is 16.4. The van der Waals surface area contributed by atoms with Gasteiger partial charge in [0, 0.05) is 18.4 Å². The van der Waals surface area contributed by atoms with E-state index in [1.54, 1.807) is 30.5 Å². The number of nitrogens with one attached hydrogen (secondary N) is 2. The highest BCUT2D eigenvalue weighted by Gasteiger charge is 2.36. The molecule has 1 unspecified atom stereocenters. The zero-order valence-corrected chi connectivity index (χ0v) is 10.4. The zero-order valence-electron chi connectivity index (χ0n) is 10.4. The van der Waals surface area contributed by atoms with Gasteiger partial charge >= 0.3 is 12.0 Å². The van der Waals surface area contributed by atoms with Crippen LogP contribution in [0.15, 0.2) is 36.7 Å². The maximum Gasteiger partial charge on any atom is 0.326 e. The van der Waals surface area contributed by atoms with Crippen LogP contribution in [0, 0.1) is 0 Å². The molecule has 102 valence electrons. The number of amides is 2. The molecule has 0 saturated heterocycles. The topological polar surface area (TPSA) is 98.3 Å². The number of aromatic amines is 1. The molecular formula is C13H12N4O3. The number of hydrogen-bond donors (Lipinski definition) is 3. The van der Waals surface area contributed by atoms with Gasteiger partial charge in [0.25, 0.3) is 0 Å². The molecule has 2 aromatic rings. The number of nitrogens with zero attached hydrogens (tertiary/aromatic N) is 2. The van der Waals surface area contributed by atoms with Gasteiger partial charge in [-0.15, -0.1) is 0 Å². The van der Waals surface area contributed by atoms with Crippen LogP contribution in [-0.2, 0) is 4.79 Å². The number of benzene rings is 1. The molecule has 0 spiro atoms. The van der Waals surface area contributed by atoms with E-state index >= 15 is 0 Å². The average molecular weight is 272 g/mol. The SMILES string of the molecule is O=C(O)C1CN(C(=O)Nc2cn[nH]c2)c2ccccc21. The van der Waals surface area contributed by atoms with Crippen LogP contribution in [0.1, 0.15) is 11.5 Å². The number of carboxylic acids is 1. The lowest BCUT2D eigenvalue weighted by atomic mass is 10.0. The van der Waals surface area contributed by atoms with Crippen LogP contribution in [0.4, 0.5) is 16.2 Å². The van der Waals surface area contributed by atoms with Crippen molar-refractivity contribution in [3.63, 3.8) is 0 Å². The van der Waals surface area contributed by atoms with Crippen LogP contribution in [0.3, 0.4) is 0 Å². The Balaban J connectivity index is 1.88. The van der Waals surface area contributed by atoms with Gasteiger partial charge in [-0.1, -0.05) is 18.2 Å². The monoisotopic (exact) mass is 272 g/mol. The number of aliphatic carboxylic acids is 1. The van der Waals surface area contributed by atoms with Gasteiger partial charge in [-0.05, 0) is 11.6 Å². The summed E-state index contributed by atoms with van der Waals surface area (Å²) in [6, 6.07) is 6.66. The standard InChI is InChI=1S/C13H12N4O3/c18-12(19)10-7-17(11-4-2-1-3-9(10)11)13(20)16-8-5-14-15-6-8/h1-6,10H,7H2,(H,14,15)(H,16,20)(H,18,19). The Labute approximate surface area is 114 Å². The zero-order chi connectivity index (χ0) is 14.1. The van der Waals surface area contributed by atoms with Crippen molar-refractivity contribution in [3.05, 3.63) is 42.2 Å². The molecule has 1 aromatic carbocycles. The summed E-state index contributed by atoms with van der Waals surface area (Å²) >= 11 is 0. The predicted molar refractivity (Wildman–Crippen MR) is 71.8 cm³/mol. The molecule has 0 radical (unpaired) electrons. The van der Waals surface area contributed by atoms with Gasteiger partial charge in [0.1, 0.15) is 5.92 Å². The minimum Gasteiger partial charge on any atom is -0.481 e. The number of fused-ring (bicyclic) bond motifs is 1. The van der Waals surface area contributed by atoms with Crippen LogP contribution in [-0.4, -0.2) is 33.8 Å². The molecular weight excluding hydrogens is 260 g/mol. The first kappa shape index (κ1) is 12.2. The fourth-order valence-electron chi connectivity index (χ4n) is 2.32. The molecule has 1 aromatic heterocycles. The number of carboxylic acid groups (broad SMARTS) is 1. The number of anilines is 2. The number of hydrogen-bond acceptors (Lipinski definition) is 3. The van der Waals surface area contributed by atoms with E-state index in [9.17, 15) is 14.7 Å². The molecule has 7 heteroatoms.